The zero-order valence-electron chi connectivity index (χ0n) is 10.7. The van der Waals surface area contributed by atoms with E-state index in [1.165, 1.54) is 45.2 Å². The van der Waals surface area contributed by atoms with E-state index in [-0.39, 0.29) is 5.54 Å². The van der Waals surface area contributed by atoms with Crippen LogP contribution >= 0.6 is 0 Å². The van der Waals surface area contributed by atoms with Crippen molar-refractivity contribution in [3.05, 3.63) is 0 Å². The highest BCUT2D eigenvalue weighted by atomic mass is 15.3. The van der Waals surface area contributed by atoms with E-state index in [4.69, 9.17) is 0 Å². The van der Waals surface area contributed by atoms with Crippen LogP contribution in [0.4, 0.5) is 0 Å². The van der Waals surface area contributed by atoms with Crippen LogP contribution in [0.1, 0.15) is 38.5 Å². The van der Waals surface area contributed by atoms with Crippen LogP contribution in [-0.4, -0.2) is 48.1 Å². The fourth-order valence-corrected chi connectivity index (χ4v) is 4.06. The van der Waals surface area contributed by atoms with Gasteiger partial charge in [-0.1, -0.05) is 12.8 Å². The van der Waals surface area contributed by atoms with Gasteiger partial charge in [-0.15, -0.1) is 0 Å². The van der Waals surface area contributed by atoms with Gasteiger partial charge in [0.05, 0.1) is 6.07 Å². The molecule has 0 radical (unpaired) electrons. The van der Waals surface area contributed by atoms with Gasteiger partial charge in [-0.25, -0.2) is 0 Å². The summed E-state index contributed by atoms with van der Waals surface area (Å²) in [5.41, 5.74) is -0.114. The molecule has 0 amide bonds. The lowest BCUT2D eigenvalue weighted by Crippen LogP contribution is -2.57. The van der Waals surface area contributed by atoms with E-state index >= 15 is 0 Å². The molecule has 17 heavy (non-hydrogen) atoms. The maximum absolute atomic E-state index is 9.80. The van der Waals surface area contributed by atoms with Gasteiger partial charge in [0, 0.05) is 19.0 Å². The summed E-state index contributed by atoms with van der Waals surface area (Å²) < 4.78 is 0. The first-order valence-corrected chi connectivity index (χ1v) is 7.24. The summed E-state index contributed by atoms with van der Waals surface area (Å²) in [7, 11) is 0. The molecule has 0 aromatic rings. The van der Waals surface area contributed by atoms with Crippen LogP contribution in [0, 0.1) is 17.2 Å². The lowest BCUT2D eigenvalue weighted by atomic mass is 9.78. The molecule has 94 valence electrons. The molecule has 2 bridgehead atoms. The van der Waals surface area contributed by atoms with E-state index in [1.54, 1.807) is 0 Å². The zero-order chi connectivity index (χ0) is 11.7. The van der Waals surface area contributed by atoms with Crippen molar-refractivity contribution in [3.8, 4) is 6.07 Å². The molecule has 0 spiro atoms. The van der Waals surface area contributed by atoms with Crippen molar-refractivity contribution < 1.29 is 0 Å². The van der Waals surface area contributed by atoms with E-state index in [0.717, 1.165) is 26.1 Å². The Morgan fingerprint density at radius 1 is 1.00 bits per heavy atom. The molecule has 3 heterocycles. The highest BCUT2D eigenvalue weighted by Gasteiger charge is 2.50. The fraction of sp³-hybridized carbons (Fsp3) is 0.929. The van der Waals surface area contributed by atoms with Gasteiger partial charge < -0.3 is 4.90 Å². The van der Waals surface area contributed by atoms with Gasteiger partial charge in [0.1, 0.15) is 5.54 Å². The van der Waals surface area contributed by atoms with Crippen molar-refractivity contribution in [2.45, 2.75) is 44.1 Å². The van der Waals surface area contributed by atoms with Gasteiger partial charge in [-0.2, -0.15) is 5.26 Å². The summed E-state index contributed by atoms with van der Waals surface area (Å²) in [6.45, 7) is 5.85. The number of likely N-dealkylation sites (tertiary alicyclic amines) is 1. The standard InChI is InChI=1S/C14H23N3/c15-12-14(17-7-3-1-2-4-8-17)6-10-16-9-5-13(14)11-16/h13H,1-11H2. The van der Waals surface area contributed by atoms with Crippen LogP contribution in [0.25, 0.3) is 0 Å². The molecular weight excluding hydrogens is 210 g/mol. The molecule has 3 rings (SSSR count). The summed E-state index contributed by atoms with van der Waals surface area (Å²) in [4.78, 5) is 5.09. The largest absolute Gasteiger partial charge is 0.303 e. The van der Waals surface area contributed by atoms with Crippen LogP contribution in [-0.2, 0) is 0 Å². The minimum absolute atomic E-state index is 0.114. The van der Waals surface area contributed by atoms with Gasteiger partial charge in [0.2, 0.25) is 0 Å². The zero-order valence-corrected chi connectivity index (χ0v) is 10.7. The number of nitrogens with zero attached hydrogens (tertiary/aromatic N) is 3. The predicted octanol–water partition coefficient (Wildman–Crippen LogP) is 1.85. The Morgan fingerprint density at radius 3 is 2.47 bits per heavy atom. The summed E-state index contributed by atoms with van der Waals surface area (Å²) in [6, 6.07) is 2.74. The predicted molar refractivity (Wildman–Crippen MR) is 67.5 cm³/mol. The van der Waals surface area contributed by atoms with Gasteiger partial charge in [0.15, 0.2) is 0 Å². The van der Waals surface area contributed by atoms with Gasteiger partial charge in [-0.3, -0.25) is 4.90 Å². The average Bonchev–Trinajstić information content (AvgIpc) is 2.60. The van der Waals surface area contributed by atoms with E-state index in [9.17, 15) is 5.26 Å². The van der Waals surface area contributed by atoms with Crippen molar-refractivity contribution in [2.75, 3.05) is 32.7 Å². The monoisotopic (exact) mass is 233 g/mol. The van der Waals surface area contributed by atoms with E-state index in [2.05, 4.69) is 15.9 Å². The molecule has 3 heteroatoms. The lowest BCUT2D eigenvalue weighted by Gasteiger charge is -2.45. The quantitative estimate of drug-likeness (QED) is 0.692. The van der Waals surface area contributed by atoms with Gasteiger partial charge in [0.25, 0.3) is 0 Å². The normalized spacial score (nSPS) is 43.0. The van der Waals surface area contributed by atoms with Crippen molar-refractivity contribution in [1.29, 1.82) is 5.26 Å². The molecule has 3 nitrogen and oxygen atoms in total. The lowest BCUT2D eigenvalue weighted by molar-refractivity contribution is 0.0476. The van der Waals surface area contributed by atoms with Crippen LogP contribution in [0.15, 0.2) is 0 Å². The Labute approximate surface area is 104 Å². The number of nitriles is 1. The van der Waals surface area contributed by atoms with E-state index < -0.39 is 0 Å². The molecule has 3 fully saturated rings. The molecule has 0 saturated carbocycles. The van der Waals surface area contributed by atoms with Crippen molar-refractivity contribution in [2.24, 2.45) is 5.92 Å². The molecule has 0 aromatic heterocycles. The van der Waals surface area contributed by atoms with Crippen LogP contribution in [0.5, 0.6) is 0 Å². The highest BCUT2D eigenvalue weighted by Crippen LogP contribution is 2.40. The SMILES string of the molecule is N#CC1(N2CCCCCC2)CCN2CCC1C2. The number of rotatable bonds is 1. The first-order chi connectivity index (χ1) is 8.35. The van der Waals surface area contributed by atoms with Gasteiger partial charge >= 0.3 is 0 Å². The third kappa shape index (κ3) is 1.88. The minimum Gasteiger partial charge on any atom is -0.303 e. The number of fused-ring (bicyclic) bond motifs is 2. The second kappa shape index (κ2) is 4.59. The van der Waals surface area contributed by atoms with Crippen LogP contribution in [0.3, 0.4) is 0 Å². The third-order valence-corrected chi connectivity index (χ3v) is 5.12. The Kier molecular flexibility index (Phi) is 3.10. The second-order valence-electron chi connectivity index (χ2n) is 5.97. The van der Waals surface area contributed by atoms with Crippen LogP contribution < -0.4 is 0 Å². The number of piperidine rings is 1. The molecule has 3 aliphatic rings. The Hall–Kier alpha value is -0.590. The molecule has 0 aliphatic carbocycles. The smallest absolute Gasteiger partial charge is 0.114 e. The fourth-order valence-electron chi connectivity index (χ4n) is 4.06. The molecule has 0 N–H and O–H groups in total. The van der Waals surface area contributed by atoms with Gasteiger partial charge in [-0.05, 0) is 45.3 Å². The van der Waals surface area contributed by atoms with Crippen molar-refractivity contribution in [1.82, 2.24) is 9.80 Å². The Balaban J connectivity index is 1.82. The topological polar surface area (TPSA) is 30.3 Å². The highest BCUT2D eigenvalue weighted by molar-refractivity contribution is 5.17. The minimum atomic E-state index is -0.114. The molecule has 0 aromatic carbocycles. The van der Waals surface area contributed by atoms with E-state index in [0.29, 0.717) is 5.92 Å². The van der Waals surface area contributed by atoms with E-state index in [1.807, 2.05) is 0 Å². The summed E-state index contributed by atoms with van der Waals surface area (Å²) in [5, 5.41) is 9.80. The van der Waals surface area contributed by atoms with Crippen LogP contribution in [0.2, 0.25) is 0 Å². The number of hydrogen-bond acceptors (Lipinski definition) is 3. The molecule has 3 saturated heterocycles. The van der Waals surface area contributed by atoms with Crippen molar-refractivity contribution in [3.63, 3.8) is 0 Å². The molecule has 3 aliphatic heterocycles. The Bertz CT molecular complexity index is 314. The first-order valence-electron chi connectivity index (χ1n) is 7.24. The maximum atomic E-state index is 9.80. The molecular formula is C14H23N3. The summed E-state index contributed by atoms with van der Waals surface area (Å²) in [5.74, 6) is 0.611. The Morgan fingerprint density at radius 2 is 1.76 bits per heavy atom. The molecule has 3 atom stereocenters. The third-order valence-electron chi connectivity index (χ3n) is 5.12. The summed E-state index contributed by atoms with van der Waals surface area (Å²) in [6.07, 6.45) is 7.61. The summed E-state index contributed by atoms with van der Waals surface area (Å²) >= 11 is 0. The second-order valence-corrected chi connectivity index (χ2v) is 5.97. The first kappa shape index (κ1) is 11.5. The average molecular weight is 233 g/mol. The maximum Gasteiger partial charge on any atom is 0.114 e. The number of hydrogen-bond donors (Lipinski definition) is 0. The van der Waals surface area contributed by atoms with Crippen molar-refractivity contribution >= 4 is 0 Å². The molecule has 3 unspecified atom stereocenters.